The number of nitrogens with zero attached hydrogens (tertiary/aromatic N) is 2. The number of hydrogen-bond donors (Lipinski definition) is 1. The van der Waals surface area contributed by atoms with Crippen molar-refractivity contribution in [1.82, 2.24) is 14.9 Å². The number of aryl methyl sites for hydroxylation is 1. The Kier molecular flexibility index (Phi) is 6.43. The Morgan fingerprint density at radius 1 is 1.50 bits per heavy atom. The molecule has 0 aromatic carbocycles. The van der Waals surface area contributed by atoms with Gasteiger partial charge in [0.25, 0.3) is 0 Å². The first-order valence-electron chi connectivity index (χ1n) is 6.54. The first-order valence-corrected chi connectivity index (χ1v) is 6.54. The second-order valence-electron chi connectivity index (χ2n) is 4.28. The summed E-state index contributed by atoms with van der Waals surface area (Å²) in [5.74, 6) is 0.796. The highest BCUT2D eigenvalue weighted by Gasteiger charge is 2.19. The Bertz CT molecular complexity index is 363. The molecule has 0 saturated heterocycles. The van der Waals surface area contributed by atoms with E-state index in [2.05, 4.69) is 24.1 Å². The third kappa shape index (κ3) is 4.14. The van der Waals surface area contributed by atoms with E-state index >= 15 is 0 Å². The molecule has 0 aliphatic carbocycles. The van der Waals surface area contributed by atoms with E-state index in [0.717, 1.165) is 31.6 Å². The maximum atomic E-state index is 11.7. The van der Waals surface area contributed by atoms with Gasteiger partial charge >= 0.3 is 5.97 Å². The minimum atomic E-state index is -0.306. The van der Waals surface area contributed by atoms with E-state index in [4.69, 9.17) is 4.74 Å². The summed E-state index contributed by atoms with van der Waals surface area (Å²) >= 11 is 0. The largest absolute Gasteiger partial charge is 0.468 e. The van der Waals surface area contributed by atoms with Crippen LogP contribution in [-0.4, -0.2) is 35.2 Å². The van der Waals surface area contributed by atoms with Gasteiger partial charge in [-0.15, -0.1) is 0 Å². The van der Waals surface area contributed by atoms with Crippen LogP contribution < -0.4 is 5.32 Å². The van der Waals surface area contributed by atoms with Gasteiger partial charge in [-0.05, 0) is 19.4 Å². The molecular weight excluding hydrogens is 230 g/mol. The zero-order valence-corrected chi connectivity index (χ0v) is 11.5. The number of rotatable bonds is 8. The van der Waals surface area contributed by atoms with E-state index in [1.54, 1.807) is 6.20 Å². The summed E-state index contributed by atoms with van der Waals surface area (Å²) in [7, 11) is 1.42. The molecule has 0 saturated carbocycles. The lowest BCUT2D eigenvalue weighted by Gasteiger charge is -2.17. The molecule has 0 aliphatic rings. The molecule has 5 heteroatoms. The van der Waals surface area contributed by atoms with Crippen molar-refractivity contribution in [1.29, 1.82) is 0 Å². The Morgan fingerprint density at radius 2 is 2.28 bits per heavy atom. The number of imidazole rings is 1. The fourth-order valence-electron chi connectivity index (χ4n) is 1.84. The summed E-state index contributed by atoms with van der Waals surface area (Å²) in [6.07, 6.45) is 6.64. The van der Waals surface area contributed by atoms with Gasteiger partial charge in [0.2, 0.25) is 0 Å². The number of carbonyl (C=O) groups excluding carboxylic acids is 1. The van der Waals surface area contributed by atoms with Gasteiger partial charge in [-0.25, -0.2) is 4.98 Å². The second kappa shape index (κ2) is 7.87. The van der Waals surface area contributed by atoms with Gasteiger partial charge in [-0.2, -0.15) is 0 Å². The molecule has 5 nitrogen and oxygen atoms in total. The summed E-state index contributed by atoms with van der Waals surface area (Å²) in [5.41, 5.74) is 0. The molecule has 0 radical (unpaired) electrons. The third-order valence-electron chi connectivity index (χ3n) is 2.78. The molecule has 102 valence electrons. The summed E-state index contributed by atoms with van der Waals surface area (Å²) in [6, 6.07) is -0.306. The Hall–Kier alpha value is -1.36. The molecule has 0 bridgehead atoms. The molecule has 0 amide bonds. The smallest absolute Gasteiger partial charge is 0.324 e. The molecule has 1 rings (SSSR count). The normalized spacial score (nSPS) is 12.4. The molecule has 1 atom stereocenters. The van der Waals surface area contributed by atoms with Crippen molar-refractivity contribution in [2.24, 2.45) is 0 Å². The topological polar surface area (TPSA) is 56.2 Å². The van der Waals surface area contributed by atoms with E-state index in [1.807, 2.05) is 10.8 Å². The van der Waals surface area contributed by atoms with Gasteiger partial charge < -0.3 is 14.6 Å². The van der Waals surface area contributed by atoms with Crippen molar-refractivity contribution in [3.63, 3.8) is 0 Å². The van der Waals surface area contributed by atoms with E-state index in [0.29, 0.717) is 6.54 Å². The fourth-order valence-corrected chi connectivity index (χ4v) is 1.84. The number of hydrogen-bond acceptors (Lipinski definition) is 4. The van der Waals surface area contributed by atoms with Crippen LogP contribution in [0.1, 0.15) is 32.5 Å². The first-order chi connectivity index (χ1) is 8.72. The highest BCUT2D eigenvalue weighted by atomic mass is 16.5. The van der Waals surface area contributed by atoms with Crippen LogP contribution in [0.5, 0.6) is 0 Å². The van der Waals surface area contributed by atoms with E-state index in [9.17, 15) is 4.79 Å². The molecule has 18 heavy (non-hydrogen) atoms. The number of nitrogens with one attached hydrogen (secondary N) is 1. The molecule has 0 spiro atoms. The van der Waals surface area contributed by atoms with E-state index in [1.165, 1.54) is 7.11 Å². The van der Waals surface area contributed by atoms with Gasteiger partial charge in [0.05, 0.1) is 7.11 Å². The zero-order valence-electron chi connectivity index (χ0n) is 11.5. The molecule has 1 heterocycles. The van der Waals surface area contributed by atoms with Crippen molar-refractivity contribution in [3.8, 4) is 0 Å². The van der Waals surface area contributed by atoms with Crippen LogP contribution in [0.4, 0.5) is 0 Å². The standard InChI is InChI=1S/C13H23N3O2/c1-4-6-12-15-8-9-16(12)10-11(13(17)18-3)14-7-5-2/h8-9,11,14H,4-7,10H2,1-3H3. The average molecular weight is 253 g/mol. The number of ether oxygens (including phenoxy) is 1. The van der Waals surface area contributed by atoms with E-state index in [-0.39, 0.29) is 12.0 Å². The second-order valence-corrected chi connectivity index (χ2v) is 4.28. The predicted octanol–water partition coefficient (Wildman–Crippen LogP) is 1.38. The lowest BCUT2D eigenvalue weighted by Crippen LogP contribution is -2.41. The quantitative estimate of drug-likeness (QED) is 0.711. The molecule has 1 aromatic heterocycles. The van der Waals surface area contributed by atoms with Crippen molar-refractivity contribution < 1.29 is 9.53 Å². The zero-order chi connectivity index (χ0) is 13.4. The van der Waals surface area contributed by atoms with Gasteiger partial charge in [0.1, 0.15) is 11.9 Å². The van der Waals surface area contributed by atoms with Crippen LogP contribution in [0.15, 0.2) is 12.4 Å². The highest BCUT2D eigenvalue weighted by Crippen LogP contribution is 2.04. The summed E-state index contributed by atoms with van der Waals surface area (Å²) < 4.78 is 6.84. The molecule has 0 fully saturated rings. The van der Waals surface area contributed by atoms with Gasteiger partial charge in [-0.1, -0.05) is 13.8 Å². The average Bonchev–Trinajstić information content (AvgIpc) is 2.81. The third-order valence-corrected chi connectivity index (χ3v) is 2.78. The number of carbonyl (C=O) groups is 1. The molecule has 0 aliphatic heterocycles. The fraction of sp³-hybridized carbons (Fsp3) is 0.692. The van der Waals surface area contributed by atoms with Crippen LogP contribution in [0.3, 0.4) is 0 Å². The van der Waals surface area contributed by atoms with Gasteiger partial charge in [0.15, 0.2) is 0 Å². The minimum Gasteiger partial charge on any atom is -0.468 e. The van der Waals surface area contributed by atoms with Gasteiger partial charge in [0, 0.05) is 25.4 Å². The Labute approximate surface area is 109 Å². The predicted molar refractivity (Wildman–Crippen MR) is 70.3 cm³/mol. The Morgan fingerprint density at radius 3 is 2.89 bits per heavy atom. The lowest BCUT2D eigenvalue weighted by molar-refractivity contribution is -0.143. The maximum absolute atomic E-state index is 11.7. The van der Waals surface area contributed by atoms with Gasteiger partial charge in [-0.3, -0.25) is 4.79 Å². The SMILES string of the molecule is CCCNC(Cn1ccnc1CCC)C(=O)OC. The van der Waals surface area contributed by atoms with Crippen LogP contribution >= 0.6 is 0 Å². The van der Waals surface area contributed by atoms with Crippen LogP contribution in [0, 0.1) is 0 Å². The number of esters is 1. The van der Waals surface area contributed by atoms with E-state index < -0.39 is 0 Å². The highest BCUT2D eigenvalue weighted by molar-refractivity contribution is 5.75. The minimum absolute atomic E-state index is 0.223. The molecular formula is C13H23N3O2. The molecule has 1 N–H and O–H groups in total. The Balaban J connectivity index is 2.68. The van der Waals surface area contributed by atoms with Crippen LogP contribution in [0.25, 0.3) is 0 Å². The molecule has 1 unspecified atom stereocenters. The lowest BCUT2D eigenvalue weighted by atomic mass is 10.2. The summed E-state index contributed by atoms with van der Waals surface area (Å²) in [4.78, 5) is 16.0. The van der Waals surface area contributed by atoms with Crippen LogP contribution in [0.2, 0.25) is 0 Å². The summed E-state index contributed by atoms with van der Waals surface area (Å²) in [5, 5.41) is 3.20. The number of aromatic nitrogens is 2. The van der Waals surface area contributed by atoms with Crippen molar-refractivity contribution in [3.05, 3.63) is 18.2 Å². The monoisotopic (exact) mass is 253 g/mol. The van der Waals surface area contributed by atoms with Crippen molar-refractivity contribution >= 4 is 5.97 Å². The summed E-state index contributed by atoms with van der Waals surface area (Å²) in [6.45, 7) is 5.56. The number of methoxy groups -OCH3 is 1. The van der Waals surface area contributed by atoms with Crippen LogP contribution in [-0.2, 0) is 22.5 Å². The van der Waals surface area contributed by atoms with Crippen molar-refractivity contribution in [2.75, 3.05) is 13.7 Å². The molecule has 1 aromatic rings. The maximum Gasteiger partial charge on any atom is 0.324 e. The van der Waals surface area contributed by atoms with Crippen molar-refractivity contribution in [2.45, 2.75) is 45.7 Å². The first kappa shape index (κ1) is 14.7.